The summed E-state index contributed by atoms with van der Waals surface area (Å²) in [5, 5.41) is 1.11. The monoisotopic (exact) mass is 472 g/mol. The van der Waals surface area contributed by atoms with Crippen molar-refractivity contribution in [1.29, 1.82) is 0 Å². The molecule has 1 aromatic heterocycles. The van der Waals surface area contributed by atoms with E-state index in [-0.39, 0.29) is 12.2 Å². The molecule has 2 aromatic carbocycles. The number of benzene rings is 2. The van der Waals surface area contributed by atoms with E-state index in [1.165, 1.54) is 15.9 Å². The van der Waals surface area contributed by atoms with Gasteiger partial charge in [0.25, 0.3) is 5.56 Å². The van der Waals surface area contributed by atoms with Gasteiger partial charge < -0.3 is 4.74 Å². The summed E-state index contributed by atoms with van der Waals surface area (Å²) >= 11 is 13.6. The van der Waals surface area contributed by atoms with E-state index in [1.54, 1.807) is 50.3 Å². The van der Waals surface area contributed by atoms with E-state index in [2.05, 4.69) is 4.99 Å². The Labute approximate surface area is 192 Å². The van der Waals surface area contributed by atoms with E-state index < -0.39 is 12.0 Å². The number of esters is 1. The van der Waals surface area contributed by atoms with Crippen molar-refractivity contribution < 1.29 is 9.53 Å². The number of carbonyl (C=O) groups excluding carboxylic acids is 1. The zero-order chi connectivity index (χ0) is 22.1. The lowest BCUT2D eigenvalue weighted by Gasteiger charge is -2.24. The molecule has 0 aliphatic carbocycles. The van der Waals surface area contributed by atoms with E-state index in [0.717, 1.165) is 11.1 Å². The Morgan fingerprint density at radius 2 is 1.90 bits per heavy atom. The van der Waals surface area contributed by atoms with Crippen molar-refractivity contribution in [3.05, 3.63) is 101 Å². The van der Waals surface area contributed by atoms with Gasteiger partial charge in [0.05, 0.1) is 28.5 Å². The molecular formula is C23H18Cl2N2O3S. The highest BCUT2D eigenvalue weighted by molar-refractivity contribution is 7.07. The summed E-state index contributed by atoms with van der Waals surface area (Å²) < 4.78 is 7.29. The zero-order valence-corrected chi connectivity index (χ0v) is 19.1. The molecule has 4 rings (SSSR count). The van der Waals surface area contributed by atoms with Crippen LogP contribution in [0.5, 0.6) is 0 Å². The number of thiazole rings is 1. The van der Waals surface area contributed by atoms with Gasteiger partial charge in [-0.25, -0.2) is 9.79 Å². The molecule has 1 aliphatic rings. The Hall–Kier alpha value is -2.67. The maximum atomic E-state index is 13.5. The molecule has 0 radical (unpaired) electrons. The molecular weight excluding hydrogens is 455 g/mol. The topological polar surface area (TPSA) is 60.7 Å². The van der Waals surface area contributed by atoms with Gasteiger partial charge in [0.1, 0.15) is 0 Å². The van der Waals surface area contributed by atoms with Gasteiger partial charge in [-0.1, -0.05) is 64.9 Å². The van der Waals surface area contributed by atoms with Crippen LogP contribution in [0, 0.1) is 0 Å². The quantitative estimate of drug-likeness (QED) is 0.536. The molecule has 1 aliphatic heterocycles. The predicted octanol–water partition coefficient (Wildman–Crippen LogP) is 4.11. The summed E-state index contributed by atoms with van der Waals surface area (Å²) in [7, 11) is 0. The van der Waals surface area contributed by atoms with Crippen LogP contribution < -0.4 is 14.9 Å². The third-order valence-electron chi connectivity index (χ3n) is 4.89. The smallest absolute Gasteiger partial charge is 0.338 e. The summed E-state index contributed by atoms with van der Waals surface area (Å²) in [5.41, 5.74) is 2.08. The third kappa shape index (κ3) is 4.11. The minimum atomic E-state index is -0.666. The van der Waals surface area contributed by atoms with Crippen molar-refractivity contribution >= 4 is 46.6 Å². The van der Waals surface area contributed by atoms with Gasteiger partial charge in [-0.05, 0) is 49.2 Å². The first kappa shape index (κ1) is 21.6. The number of aromatic nitrogens is 1. The Kier molecular flexibility index (Phi) is 6.14. The minimum Gasteiger partial charge on any atom is -0.463 e. The van der Waals surface area contributed by atoms with E-state index in [0.29, 0.717) is 30.6 Å². The Morgan fingerprint density at radius 3 is 2.58 bits per heavy atom. The SMILES string of the molecule is CCOC(=O)C1=C(C)N=c2s/c(=C/c3ccccc3Cl)c(=O)n2[C@@H]1c1ccc(Cl)cc1. The van der Waals surface area contributed by atoms with Crippen LogP contribution in [0.2, 0.25) is 10.0 Å². The average Bonchev–Trinajstić information content (AvgIpc) is 3.04. The maximum Gasteiger partial charge on any atom is 0.338 e. The summed E-state index contributed by atoms with van der Waals surface area (Å²) in [4.78, 5) is 31.3. The van der Waals surface area contributed by atoms with Crippen molar-refractivity contribution in [2.45, 2.75) is 19.9 Å². The van der Waals surface area contributed by atoms with Crippen molar-refractivity contribution in [3.8, 4) is 0 Å². The fraction of sp³-hybridized carbons (Fsp3) is 0.174. The van der Waals surface area contributed by atoms with Crippen molar-refractivity contribution in [2.75, 3.05) is 6.61 Å². The fourth-order valence-electron chi connectivity index (χ4n) is 3.49. The number of hydrogen-bond donors (Lipinski definition) is 0. The van der Waals surface area contributed by atoms with Gasteiger partial charge in [-0.3, -0.25) is 9.36 Å². The van der Waals surface area contributed by atoms with Crippen LogP contribution in [0.25, 0.3) is 6.08 Å². The van der Waals surface area contributed by atoms with Crippen LogP contribution in [0.15, 0.2) is 69.6 Å². The summed E-state index contributed by atoms with van der Waals surface area (Å²) in [6, 6.07) is 13.7. The van der Waals surface area contributed by atoms with Gasteiger partial charge in [-0.15, -0.1) is 0 Å². The number of hydrogen-bond acceptors (Lipinski definition) is 5. The molecule has 2 heterocycles. The molecule has 1 atom stereocenters. The van der Waals surface area contributed by atoms with Crippen LogP contribution >= 0.6 is 34.5 Å². The number of rotatable bonds is 4. The Balaban J connectivity index is 1.97. The van der Waals surface area contributed by atoms with Crippen LogP contribution in [0.1, 0.15) is 31.0 Å². The van der Waals surface area contributed by atoms with E-state index in [9.17, 15) is 9.59 Å². The van der Waals surface area contributed by atoms with E-state index in [1.807, 2.05) is 18.2 Å². The lowest BCUT2D eigenvalue weighted by molar-refractivity contribution is -0.139. The second kappa shape index (κ2) is 8.83. The van der Waals surface area contributed by atoms with E-state index in [4.69, 9.17) is 27.9 Å². The Bertz CT molecular complexity index is 1370. The van der Waals surface area contributed by atoms with Crippen LogP contribution in [-0.2, 0) is 9.53 Å². The third-order valence-corrected chi connectivity index (χ3v) is 6.47. The number of allylic oxidation sites excluding steroid dienone is 1. The average molecular weight is 473 g/mol. The molecule has 8 heteroatoms. The van der Waals surface area contributed by atoms with Gasteiger partial charge >= 0.3 is 5.97 Å². The maximum absolute atomic E-state index is 13.5. The number of halogens is 2. The van der Waals surface area contributed by atoms with Gasteiger partial charge in [0.2, 0.25) is 0 Å². The number of fused-ring (bicyclic) bond motifs is 1. The second-order valence-corrected chi connectivity index (χ2v) is 8.73. The predicted molar refractivity (Wildman–Crippen MR) is 123 cm³/mol. The van der Waals surface area contributed by atoms with Gasteiger partial charge in [0.15, 0.2) is 4.80 Å². The highest BCUT2D eigenvalue weighted by Crippen LogP contribution is 2.31. The molecule has 158 valence electrons. The minimum absolute atomic E-state index is 0.222. The lowest BCUT2D eigenvalue weighted by atomic mass is 9.96. The molecule has 3 aromatic rings. The first-order valence-corrected chi connectivity index (χ1v) is 11.2. The molecule has 5 nitrogen and oxygen atoms in total. The number of nitrogens with zero attached hydrogens (tertiary/aromatic N) is 2. The highest BCUT2D eigenvalue weighted by atomic mass is 35.5. The number of carbonyl (C=O) groups is 1. The first-order chi connectivity index (χ1) is 14.9. The molecule has 0 unspecified atom stereocenters. The molecule has 0 spiro atoms. The van der Waals surface area contributed by atoms with Gasteiger partial charge in [0, 0.05) is 10.0 Å². The second-order valence-electron chi connectivity index (χ2n) is 6.88. The zero-order valence-electron chi connectivity index (χ0n) is 16.8. The Morgan fingerprint density at radius 1 is 1.19 bits per heavy atom. The summed E-state index contributed by atoms with van der Waals surface area (Å²) in [6.07, 6.45) is 1.74. The largest absolute Gasteiger partial charge is 0.463 e. The van der Waals surface area contributed by atoms with Crippen LogP contribution in [0.3, 0.4) is 0 Å². The first-order valence-electron chi connectivity index (χ1n) is 9.60. The molecule has 0 bridgehead atoms. The highest BCUT2D eigenvalue weighted by Gasteiger charge is 2.33. The molecule has 0 saturated heterocycles. The molecule has 31 heavy (non-hydrogen) atoms. The standard InChI is InChI=1S/C23H18Cl2N2O3S/c1-3-30-22(29)19-13(2)26-23-27(20(19)14-8-10-16(24)11-9-14)21(28)18(31-23)12-15-6-4-5-7-17(15)25/h4-12,20H,3H2,1-2H3/b18-12+/t20-/m1/s1. The van der Waals surface area contributed by atoms with Crippen molar-refractivity contribution in [2.24, 2.45) is 4.99 Å². The normalized spacial score (nSPS) is 16.1. The van der Waals surface area contributed by atoms with Crippen molar-refractivity contribution in [3.63, 3.8) is 0 Å². The van der Waals surface area contributed by atoms with Gasteiger partial charge in [-0.2, -0.15) is 0 Å². The van der Waals surface area contributed by atoms with Crippen molar-refractivity contribution in [1.82, 2.24) is 4.57 Å². The summed E-state index contributed by atoms with van der Waals surface area (Å²) in [6.45, 7) is 3.71. The summed E-state index contributed by atoms with van der Waals surface area (Å²) in [5.74, 6) is -0.496. The lowest BCUT2D eigenvalue weighted by Crippen LogP contribution is -2.39. The van der Waals surface area contributed by atoms with Crippen LogP contribution in [-0.4, -0.2) is 17.1 Å². The molecule has 0 N–H and O–H groups in total. The molecule has 0 fully saturated rings. The van der Waals surface area contributed by atoms with Crippen LogP contribution in [0.4, 0.5) is 0 Å². The molecule has 0 amide bonds. The molecule has 0 saturated carbocycles. The fourth-order valence-corrected chi connectivity index (χ4v) is 4.84. The number of ether oxygens (including phenoxy) is 1. The van der Waals surface area contributed by atoms with E-state index >= 15 is 0 Å².